The molecule has 0 spiro atoms. The number of nitro benzene ring substituents is 1. The molecule has 1 amide bonds. The predicted octanol–water partition coefficient (Wildman–Crippen LogP) is 2.30. The molecule has 0 saturated heterocycles. The van der Waals surface area contributed by atoms with Crippen molar-refractivity contribution < 1.29 is 9.72 Å². The lowest BCUT2D eigenvalue weighted by Gasteiger charge is -2.23. The minimum absolute atomic E-state index is 0.0220. The standard InChI is InChI=1S/C12H14N2O3/c1-4-12(15)13(3)9(2)10-6-5-7-11(8-10)14(16)17/h4-9H,1H2,2-3H3. The van der Waals surface area contributed by atoms with Crippen molar-refractivity contribution >= 4 is 11.6 Å². The highest BCUT2D eigenvalue weighted by molar-refractivity contribution is 5.87. The lowest BCUT2D eigenvalue weighted by atomic mass is 10.1. The summed E-state index contributed by atoms with van der Waals surface area (Å²) in [6.45, 7) is 5.21. The van der Waals surface area contributed by atoms with Gasteiger partial charge in [0.15, 0.2) is 0 Å². The number of hydrogen-bond acceptors (Lipinski definition) is 3. The number of benzene rings is 1. The zero-order valence-electron chi connectivity index (χ0n) is 9.79. The first-order valence-corrected chi connectivity index (χ1v) is 5.11. The summed E-state index contributed by atoms with van der Waals surface area (Å²) in [6.07, 6.45) is 1.22. The van der Waals surface area contributed by atoms with Crippen LogP contribution >= 0.6 is 0 Å². The summed E-state index contributed by atoms with van der Waals surface area (Å²) in [7, 11) is 1.63. The fraction of sp³-hybridized carbons (Fsp3) is 0.250. The molecule has 1 aromatic carbocycles. The Morgan fingerprint density at radius 3 is 2.76 bits per heavy atom. The molecule has 5 nitrogen and oxygen atoms in total. The minimum atomic E-state index is -0.453. The van der Waals surface area contributed by atoms with Gasteiger partial charge in [0.05, 0.1) is 11.0 Å². The molecular formula is C12H14N2O3. The van der Waals surface area contributed by atoms with E-state index in [0.29, 0.717) is 0 Å². The van der Waals surface area contributed by atoms with Gasteiger partial charge in [0.25, 0.3) is 5.69 Å². The van der Waals surface area contributed by atoms with Crippen molar-refractivity contribution in [3.8, 4) is 0 Å². The summed E-state index contributed by atoms with van der Waals surface area (Å²) in [6, 6.07) is 6.02. The van der Waals surface area contributed by atoms with E-state index in [1.807, 2.05) is 0 Å². The average molecular weight is 234 g/mol. The molecule has 5 heteroatoms. The molecule has 0 heterocycles. The second-order valence-electron chi connectivity index (χ2n) is 3.68. The average Bonchev–Trinajstić information content (AvgIpc) is 2.36. The van der Waals surface area contributed by atoms with E-state index >= 15 is 0 Å². The molecule has 1 aromatic rings. The molecule has 0 aliphatic heterocycles. The van der Waals surface area contributed by atoms with Crippen LogP contribution in [-0.2, 0) is 4.79 Å². The van der Waals surface area contributed by atoms with Crippen molar-refractivity contribution in [2.75, 3.05) is 7.05 Å². The molecule has 1 atom stereocenters. The summed E-state index contributed by atoms with van der Waals surface area (Å²) in [5, 5.41) is 10.6. The normalized spacial score (nSPS) is 11.6. The van der Waals surface area contributed by atoms with Crippen LogP contribution in [0.4, 0.5) is 5.69 Å². The highest BCUT2D eigenvalue weighted by Gasteiger charge is 2.17. The topological polar surface area (TPSA) is 63.5 Å². The second kappa shape index (κ2) is 5.25. The fourth-order valence-electron chi connectivity index (χ4n) is 1.46. The number of nitro groups is 1. The van der Waals surface area contributed by atoms with E-state index in [-0.39, 0.29) is 17.6 Å². The van der Waals surface area contributed by atoms with E-state index in [1.165, 1.54) is 23.1 Å². The molecule has 1 unspecified atom stereocenters. The van der Waals surface area contributed by atoms with E-state index in [2.05, 4.69) is 6.58 Å². The van der Waals surface area contributed by atoms with E-state index in [9.17, 15) is 14.9 Å². The Morgan fingerprint density at radius 2 is 2.24 bits per heavy atom. The predicted molar refractivity (Wildman–Crippen MR) is 64.5 cm³/mol. The van der Waals surface area contributed by atoms with Gasteiger partial charge in [-0.1, -0.05) is 18.7 Å². The van der Waals surface area contributed by atoms with Gasteiger partial charge in [0.1, 0.15) is 0 Å². The maximum Gasteiger partial charge on any atom is 0.269 e. The van der Waals surface area contributed by atoms with Crippen molar-refractivity contribution in [1.29, 1.82) is 0 Å². The van der Waals surface area contributed by atoms with Gasteiger partial charge >= 0.3 is 0 Å². The molecule has 17 heavy (non-hydrogen) atoms. The minimum Gasteiger partial charge on any atom is -0.335 e. The molecular weight excluding hydrogens is 220 g/mol. The summed E-state index contributed by atoms with van der Waals surface area (Å²) >= 11 is 0. The number of amides is 1. The Labute approximate surface area is 99.5 Å². The van der Waals surface area contributed by atoms with Gasteiger partial charge in [0.2, 0.25) is 5.91 Å². The monoisotopic (exact) mass is 234 g/mol. The number of hydrogen-bond donors (Lipinski definition) is 0. The van der Waals surface area contributed by atoms with Gasteiger partial charge in [-0.2, -0.15) is 0 Å². The lowest BCUT2D eigenvalue weighted by molar-refractivity contribution is -0.384. The van der Waals surface area contributed by atoms with Crippen LogP contribution in [0.25, 0.3) is 0 Å². The highest BCUT2D eigenvalue weighted by atomic mass is 16.6. The van der Waals surface area contributed by atoms with E-state index in [0.717, 1.165) is 5.56 Å². The Kier molecular flexibility index (Phi) is 3.98. The zero-order chi connectivity index (χ0) is 13.0. The largest absolute Gasteiger partial charge is 0.335 e. The number of carbonyl (C=O) groups is 1. The van der Waals surface area contributed by atoms with Crippen LogP contribution in [0.1, 0.15) is 18.5 Å². The van der Waals surface area contributed by atoms with Gasteiger partial charge in [-0.15, -0.1) is 0 Å². The molecule has 1 rings (SSSR count). The number of carbonyl (C=O) groups excluding carboxylic acids is 1. The number of rotatable bonds is 4. The molecule has 0 aliphatic carbocycles. The van der Waals surface area contributed by atoms with E-state index < -0.39 is 4.92 Å². The van der Waals surface area contributed by atoms with Crippen LogP contribution in [0.2, 0.25) is 0 Å². The van der Waals surface area contributed by atoms with Crippen LogP contribution in [-0.4, -0.2) is 22.8 Å². The Balaban J connectivity index is 2.99. The number of non-ortho nitro benzene ring substituents is 1. The summed E-state index contributed by atoms with van der Waals surface area (Å²) in [5.74, 6) is -0.219. The maximum absolute atomic E-state index is 11.4. The molecule has 0 fully saturated rings. The van der Waals surface area contributed by atoms with E-state index in [1.54, 1.807) is 26.1 Å². The zero-order valence-corrected chi connectivity index (χ0v) is 9.79. The van der Waals surface area contributed by atoms with Gasteiger partial charge in [0, 0.05) is 19.2 Å². The summed E-state index contributed by atoms with van der Waals surface area (Å²) < 4.78 is 0. The van der Waals surface area contributed by atoms with Crippen LogP contribution in [0.15, 0.2) is 36.9 Å². The van der Waals surface area contributed by atoms with Crippen molar-refractivity contribution in [2.24, 2.45) is 0 Å². The second-order valence-corrected chi connectivity index (χ2v) is 3.68. The molecule has 90 valence electrons. The van der Waals surface area contributed by atoms with Gasteiger partial charge < -0.3 is 4.90 Å². The van der Waals surface area contributed by atoms with Gasteiger partial charge in [-0.3, -0.25) is 14.9 Å². The van der Waals surface area contributed by atoms with Crippen molar-refractivity contribution in [2.45, 2.75) is 13.0 Å². The molecule has 0 aromatic heterocycles. The van der Waals surface area contributed by atoms with Crippen molar-refractivity contribution in [3.05, 3.63) is 52.6 Å². The van der Waals surface area contributed by atoms with Crippen LogP contribution < -0.4 is 0 Å². The number of likely N-dealkylation sites (N-methyl/N-ethyl adjacent to an activating group) is 1. The fourth-order valence-corrected chi connectivity index (χ4v) is 1.46. The Bertz CT molecular complexity index is 457. The molecule has 0 N–H and O–H groups in total. The first-order chi connectivity index (χ1) is 7.97. The maximum atomic E-state index is 11.4. The molecule has 0 aliphatic rings. The quantitative estimate of drug-likeness (QED) is 0.456. The van der Waals surface area contributed by atoms with Crippen LogP contribution in [0.3, 0.4) is 0 Å². The summed E-state index contributed by atoms with van der Waals surface area (Å²) in [4.78, 5) is 23.1. The van der Waals surface area contributed by atoms with E-state index in [4.69, 9.17) is 0 Å². The summed E-state index contributed by atoms with van der Waals surface area (Å²) in [5.41, 5.74) is 0.741. The van der Waals surface area contributed by atoms with Crippen molar-refractivity contribution in [1.82, 2.24) is 4.90 Å². The van der Waals surface area contributed by atoms with Crippen LogP contribution in [0, 0.1) is 10.1 Å². The van der Waals surface area contributed by atoms with Crippen LogP contribution in [0.5, 0.6) is 0 Å². The third-order valence-corrected chi connectivity index (χ3v) is 2.67. The smallest absolute Gasteiger partial charge is 0.269 e. The molecule has 0 saturated carbocycles. The van der Waals surface area contributed by atoms with Crippen molar-refractivity contribution in [3.63, 3.8) is 0 Å². The third kappa shape index (κ3) is 2.90. The highest BCUT2D eigenvalue weighted by Crippen LogP contribution is 2.22. The van der Waals surface area contributed by atoms with Gasteiger partial charge in [-0.05, 0) is 18.6 Å². The first-order valence-electron chi connectivity index (χ1n) is 5.11. The molecule has 0 bridgehead atoms. The lowest BCUT2D eigenvalue weighted by Crippen LogP contribution is -2.27. The SMILES string of the molecule is C=CC(=O)N(C)C(C)c1cccc([N+](=O)[O-])c1. The first kappa shape index (κ1) is 12.9. The Hall–Kier alpha value is -2.17. The Morgan fingerprint density at radius 1 is 1.59 bits per heavy atom. The number of nitrogens with zero attached hydrogens (tertiary/aromatic N) is 2. The van der Waals surface area contributed by atoms with Gasteiger partial charge in [-0.25, -0.2) is 0 Å². The third-order valence-electron chi connectivity index (χ3n) is 2.67. The molecule has 0 radical (unpaired) electrons.